The Kier molecular flexibility index (Phi) is 7.99. The van der Waals surface area contributed by atoms with Crippen molar-refractivity contribution >= 4 is 23.6 Å². The van der Waals surface area contributed by atoms with Crippen molar-refractivity contribution in [2.75, 3.05) is 63.2 Å². The molecular weight excluding hydrogens is 537 g/mol. The summed E-state index contributed by atoms with van der Waals surface area (Å²) in [6.45, 7) is 11.1. The monoisotopic (exact) mass is 575 g/mol. The summed E-state index contributed by atoms with van der Waals surface area (Å²) in [6, 6.07) is 12.5. The summed E-state index contributed by atoms with van der Waals surface area (Å²) in [4.78, 5) is 36.9. The molecule has 0 unspecified atom stereocenters. The van der Waals surface area contributed by atoms with E-state index in [9.17, 15) is 9.59 Å². The van der Waals surface area contributed by atoms with Crippen LogP contribution >= 0.6 is 0 Å². The Hall–Kier alpha value is -4.34. The predicted octanol–water partition coefficient (Wildman–Crippen LogP) is 5.80. The number of methoxy groups -OCH3 is 1. The fourth-order valence-corrected chi connectivity index (χ4v) is 5.44. The lowest BCUT2D eigenvalue weighted by atomic mass is 9.95. The number of pyridine rings is 1. The van der Waals surface area contributed by atoms with Gasteiger partial charge in [0.15, 0.2) is 0 Å². The molecule has 2 aromatic carbocycles. The van der Waals surface area contributed by atoms with E-state index in [1.54, 1.807) is 35.1 Å². The number of ether oxygens (including phenoxy) is 2. The number of nitrogens with zero attached hydrogens (tertiary/aromatic N) is 5. The van der Waals surface area contributed by atoms with Gasteiger partial charge in [-0.1, -0.05) is 6.07 Å². The summed E-state index contributed by atoms with van der Waals surface area (Å²) >= 11 is 0. The van der Waals surface area contributed by atoms with Gasteiger partial charge >= 0.3 is 12.1 Å². The molecule has 3 aromatic rings. The van der Waals surface area contributed by atoms with Gasteiger partial charge in [0, 0.05) is 69.3 Å². The average molecular weight is 576 g/mol. The molecule has 2 fully saturated rings. The van der Waals surface area contributed by atoms with Crippen LogP contribution in [-0.4, -0.2) is 85.9 Å². The number of carbonyl (C=O) groups excluding carboxylic acids is 2. The predicted molar refractivity (Wildman–Crippen MR) is 162 cm³/mol. The molecule has 10 heteroatoms. The Morgan fingerprint density at radius 3 is 2.17 bits per heavy atom. The number of urea groups is 1. The van der Waals surface area contributed by atoms with Crippen LogP contribution in [0.15, 0.2) is 48.7 Å². The highest BCUT2D eigenvalue weighted by molar-refractivity contribution is 5.95. The number of aryl methyl sites for hydroxylation is 1. The third-order valence-corrected chi connectivity index (χ3v) is 7.58. The van der Waals surface area contributed by atoms with E-state index < -0.39 is 5.60 Å². The second-order valence-corrected chi connectivity index (χ2v) is 11.7. The van der Waals surface area contributed by atoms with E-state index in [-0.39, 0.29) is 17.9 Å². The standard InChI is InChI=1S/C32H38FN5O4/c1-21-17-22(7-8-27(21)38-16-11-35(5)30(38)39)25-19-24(33)20-26(29(25)41-6)23-9-10-34-28(18-23)36-12-14-37(15-13-36)31(40)42-32(2,3)4/h7-10,17-20H,11-16H2,1-6H3. The maximum atomic E-state index is 15.1. The topological polar surface area (TPSA) is 78.5 Å². The number of amides is 3. The van der Waals surface area contributed by atoms with E-state index in [2.05, 4.69) is 9.88 Å². The molecular formula is C32H38FN5O4. The summed E-state index contributed by atoms with van der Waals surface area (Å²) in [5.74, 6) is 0.903. The molecule has 2 saturated heterocycles. The lowest BCUT2D eigenvalue weighted by Crippen LogP contribution is -2.50. The highest BCUT2D eigenvalue weighted by Gasteiger charge is 2.29. The summed E-state index contributed by atoms with van der Waals surface area (Å²) in [5.41, 5.74) is 4.01. The van der Waals surface area contributed by atoms with Gasteiger partial charge in [0.2, 0.25) is 0 Å². The third-order valence-electron chi connectivity index (χ3n) is 7.58. The first kappa shape index (κ1) is 29.2. The Morgan fingerprint density at radius 1 is 0.929 bits per heavy atom. The second kappa shape index (κ2) is 11.5. The maximum absolute atomic E-state index is 15.1. The summed E-state index contributed by atoms with van der Waals surface area (Å²) in [5, 5.41) is 0. The van der Waals surface area contributed by atoms with Crippen molar-refractivity contribution in [3.05, 3.63) is 60.0 Å². The van der Waals surface area contributed by atoms with Crippen molar-refractivity contribution in [1.29, 1.82) is 0 Å². The molecule has 3 amide bonds. The van der Waals surface area contributed by atoms with E-state index >= 15 is 4.39 Å². The van der Waals surface area contributed by atoms with Gasteiger partial charge in [0.05, 0.1) is 7.11 Å². The van der Waals surface area contributed by atoms with Crippen molar-refractivity contribution in [3.63, 3.8) is 0 Å². The number of halogens is 1. The number of aromatic nitrogens is 1. The third kappa shape index (κ3) is 5.98. The van der Waals surface area contributed by atoms with Crippen molar-refractivity contribution in [2.24, 2.45) is 0 Å². The largest absolute Gasteiger partial charge is 0.495 e. The molecule has 0 atom stereocenters. The number of rotatable bonds is 5. The van der Waals surface area contributed by atoms with Gasteiger partial charge in [-0.3, -0.25) is 4.90 Å². The van der Waals surface area contributed by atoms with Crippen LogP contribution in [0.5, 0.6) is 5.75 Å². The number of carbonyl (C=O) groups is 2. The Bertz CT molecular complexity index is 1500. The summed E-state index contributed by atoms with van der Waals surface area (Å²) in [6.07, 6.45) is 1.39. The number of likely N-dealkylation sites (N-methyl/N-ethyl adjacent to an activating group) is 1. The molecule has 0 N–H and O–H groups in total. The lowest BCUT2D eigenvalue weighted by molar-refractivity contribution is 0.0240. The van der Waals surface area contributed by atoms with Crippen molar-refractivity contribution < 1.29 is 23.5 Å². The number of benzene rings is 2. The second-order valence-electron chi connectivity index (χ2n) is 11.7. The Labute approximate surface area is 246 Å². The van der Waals surface area contributed by atoms with Gasteiger partial charge in [-0.15, -0.1) is 0 Å². The van der Waals surface area contributed by atoms with Crippen LogP contribution in [0.4, 0.5) is 25.5 Å². The van der Waals surface area contributed by atoms with E-state index in [1.165, 1.54) is 12.1 Å². The highest BCUT2D eigenvalue weighted by Crippen LogP contribution is 2.41. The van der Waals surface area contributed by atoms with Gasteiger partial charge in [0.25, 0.3) is 0 Å². The van der Waals surface area contributed by atoms with Crippen LogP contribution in [-0.2, 0) is 4.74 Å². The highest BCUT2D eigenvalue weighted by atomic mass is 19.1. The maximum Gasteiger partial charge on any atom is 0.410 e. The molecule has 0 bridgehead atoms. The quantitative estimate of drug-likeness (QED) is 0.383. The van der Waals surface area contributed by atoms with Gasteiger partial charge in [-0.05, 0) is 80.8 Å². The minimum Gasteiger partial charge on any atom is -0.495 e. The summed E-state index contributed by atoms with van der Waals surface area (Å²) in [7, 11) is 3.37. The SMILES string of the molecule is COc1c(-c2ccnc(N3CCN(C(=O)OC(C)(C)C)CC3)c2)cc(F)cc1-c1ccc(N2CCN(C)C2=O)c(C)c1. The first-order chi connectivity index (χ1) is 19.9. The van der Waals surface area contributed by atoms with Gasteiger partial charge in [-0.2, -0.15) is 0 Å². The fourth-order valence-electron chi connectivity index (χ4n) is 5.44. The summed E-state index contributed by atoms with van der Waals surface area (Å²) < 4.78 is 26.5. The van der Waals surface area contributed by atoms with Crippen LogP contribution in [0.25, 0.3) is 22.3 Å². The number of hydrogen-bond donors (Lipinski definition) is 0. The normalized spacial score (nSPS) is 15.8. The van der Waals surface area contributed by atoms with Crippen molar-refractivity contribution in [3.8, 4) is 28.0 Å². The molecule has 2 aliphatic heterocycles. The van der Waals surface area contributed by atoms with Gasteiger partial charge in [-0.25, -0.2) is 19.0 Å². The fraction of sp³-hybridized carbons (Fsp3) is 0.406. The molecule has 9 nitrogen and oxygen atoms in total. The number of piperazine rings is 1. The molecule has 0 radical (unpaired) electrons. The molecule has 0 aliphatic carbocycles. The molecule has 1 aromatic heterocycles. The van der Waals surface area contributed by atoms with Crippen molar-refractivity contribution in [1.82, 2.24) is 14.8 Å². The Morgan fingerprint density at radius 2 is 1.60 bits per heavy atom. The van der Waals surface area contributed by atoms with Crippen LogP contribution in [0.2, 0.25) is 0 Å². The molecule has 0 spiro atoms. The molecule has 3 heterocycles. The molecule has 0 saturated carbocycles. The zero-order valence-electron chi connectivity index (χ0n) is 25.1. The average Bonchev–Trinajstić information content (AvgIpc) is 3.29. The Balaban J connectivity index is 1.41. The molecule has 5 rings (SSSR count). The number of anilines is 2. The minimum atomic E-state index is -0.544. The minimum absolute atomic E-state index is 0.0313. The van der Waals surface area contributed by atoms with E-state index in [4.69, 9.17) is 9.47 Å². The lowest BCUT2D eigenvalue weighted by Gasteiger charge is -2.36. The van der Waals surface area contributed by atoms with Crippen molar-refractivity contribution in [2.45, 2.75) is 33.3 Å². The number of hydrogen-bond acceptors (Lipinski definition) is 6. The zero-order chi connectivity index (χ0) is 30.2. The first-order valence-corrected chi connectivity index (χ1v) is 14.2. The molecule has 42 heavy (non-hydrogen) atoms. The molecule has 222 valence electrons. The first-order valence-electron chi connectivity index (χ1n) is 14.2. The van der Waals surface area contributed by atoms with Crippen LogP contribution in [0, 0.1) is 12.7 Å². The van der Waals surface area contributed by atoms with E-state index in [1.807, 2.05) is 58.0 Å². The molecule has 2 aliphatic rings. The van der Waals surface area contributed by atoms with E-state index in [0.717, 1.165) is 28.2 Å². The van der Waals surface area contributed by atoms with Crippen LogP contribution < -0.4 is 14.5 Å². The van der Waals surface area contributed by atoms with E-state index in [0.29, 0.717) is 56.1 Å². The smallest absolute Gasteiger partial charge is 0.410 e. The van der Waals surface area contributed by atoms with Gasteiger partial charge in [0.1, 0.15) is 23.0 Å². The van der Waals surface area contributed by atoms with Gasteiger partial charge < -0.3 is 24.2 Å². The van der Waals surface area contributed by atoms with Crippen LogP contribution in [0.3, 0.4) is 0 Å². The zero-order valence-corrected chi connectivity index (χ0v) is 25.1. The van der Waals surface area contributed by atoms with Crippen LogP contribution in [0.1, 0.15) is 26.3 Å².